The third kappa shape index (κ3) is 4.20. The molecule has 3 rings (SSSR count). The SMILES string of the molecule is CC[C@H](NS(=O)(=O)c1ccc(N2CCCC2=O)cc1)c1ccc(OC)c(C)c1. The molecule has 0 saturated carbocycles. The van der Waals surface area contributed by atoms with E-state index < -0.39 is 10.0 Å². The third-order valence-corrected chi connectivity index (χ3v) is 6.55. The van der Waals surface area contributed by atoms with Crippen LogP contribution in [0.1, 0.15) is 43.4 Å². The topological polar surface area (TPSA) is 75.7 Å². The van der Waals surface area contributed by atoms with E-state index in [0.29, 0.717) is 19.4 Å². The highest BCUT2D eigenvalue weighted by atomic mass is 32.2. The van der Waals surface area contributed by atoms with Crippen molar-refractivity contribution in [2.45, 2.75) is 44.0 Å². The first kappa shape index (κ1) is 20.4. The number of amides is 1. The Bertz CT molecular complexity index is 955. The molecule has 0 unspecified atom stereocenters. The lowest BCUT2D eigenvalue weighted by atomic mass is 10.0. The van der Waals surface area contributed by atoms with Gasteiger partial charge in [-0.25, -0.2) is 13.1 Å². The van der Waals surface area contributed by atoms with Crippen LogP contribution in [0.4, 0.5) is 5.69 Å². The number of ether oxygens (including phenoxy) is 1. The van der Waals surface area contributed by atoms with Gasteiger partial charge >= 0.3 is 0 Å². The molecule has 1 amide bonds. The van der Waals surface area contributed by atoms with Crippen LogP contribution in [0.3, 0.4) is 0 Å². The Labute approximate surface area is 166 Å². The molecule has 150 valence electrons. The molecule has 6 nitrogen and oxygen atoms in total. The second kappa shape index (κ2) is 8.32. The molecule has 1 heterocycles. The molecule has 1 N–H and O–H groups in total. The van der Waals surface area contributed by atoms with Crippen molar-refractivity contribution in [3.8, 4) is 5.75 Å². The van der Waals surface area contributed by atoms with Crippen LogP contribution in [-0.2, 0) is 14.8 Å². The Balaban J connectivity index is 1.79. The van der Waals surface area contributed by atoms with Crippen molar-refractivity contribution < 1.29 is 17.9 Å². The molecule has 0 spiro atoms. The molecule has 0 radical (unpaired) electrons. The van der Waals surface area contributed by atoms with Crippen molar-refractivity contribution in [1.29, 1.82) is 0 Å². The normalized spacial score (nSPS) is 15.7. The van der Waals surface area contributed by atoms with Gasteiger partial charge in [0.05, 0.1) is 12.0 Å². The maximum Gasteiger partial charge on any atom is 0.241 e. The Morgan fingerprint density at radius 3 is 2.43 bits per heavy atom. The number of carbonyl (C=O) groups is 1. The van der Waals surface area contributed by atoms with Crippen LogP contribution in [0.2, 0.25) is 0 Å². The zero-order valence-electron chi connectivity index (χ0n) is 16.4. The lowest BCUT2D eigenvalue weighted by Gasteiger charge is -2.20. The second-order valence-corrected chi connectivity index (χ2v) is 8.67. The molecule has 28 heavy (non-hydrogen) atoms. The summed E-state index contributed by atoms with van der Waals surface area (Å²) in [6.45, 7) is 4.55. The lowest BCUT2D eigenvalue weighted by molar-refractivity contribution is -0.117. The highest BCUT2D eigenvalue weighted by Crippen LogP contribution is 2.27. The predicted molar refractivity (Wildman–Crippen MR) is 109 cm³/mol. The number of anilines is 1. The van der Waals surface area contributed by atoms with E-state index in [2.05, 4.69) is 4.72 Å². The summed E-state index contributed by atoms with van der Waals surface area (Å²) >= 11 is 0. The fourth-order valence-corrected chi connectivity index (χ4v) is 4.79. The fraction of sp³-hybridized carbons (Fsp3) is 0.381. The summed E-state index contributed by atoms with van der Waals surface area (Å²) < 4.78 is 33.8. The number of aryl methyl sites for hydroxylation is 1. The predicted octanol–water partition coefficient (Wildman–Crippen LogP) is 3.56. The smallest absolute Gasteiger partial charge is 0.241 e. The summed E-state index contributed by atoms with van der Waals surface area (Å²) in [6, 6.07) is 11.8. The molecule has 0 aliphatic carbocycles. The van der Waals surface area contributed by atoms with Gasteiger partial charge in [-0.15, -0.1) is 0 Å². The van der Waals surface area contributed by atoms with E-state index in [1.165, 1.54) is 0 Å². The number of methoxy groups -OCH3 is 1. The molecule has 2 aromatic carbocycles. The van der Waals surface area contributed by atoms with Crippen LogP contribution >= 0.6 is 0 Å². The minimum absolute atomic E-state index is 0.0784. The molecule has 2 aromatic rings. The van der Waals surface area contributed by atoms with E-state index in [1.54, 1.807) is 36.3 Å². The standard InChI is InChI=1S/C21H26N2O4S/c1-4-19(16-7-12-20(27-3)15(2)14-16)22-28(25,26)18-10-8-17(9-11-18)23-13-5-6-21(23)24/h7-12,14,19,22H,4-6,13H2,1-3H3/t19-/m0/s1. The fourth-order valence-electron chi connectivity index (χ4n) is 3.49. The minimum atomic E-state index is -3.69. The van der Waals surface area contributed by atoms with Crippen molar-refractivity contribution in [2.24, 2.45) is 0 Å². The van der Waals surface area contributed by atoms with Gasteiger partial charge in [0, 0.05) is 24.7 Å². The van der Waals surface area contributed by atoms with E-state index >= 15 is 0 Å². The van der Waals surface area contributed by atoms with Gasteiger partial charge < -0.3 is 9.64 Å². The summed E-state index contributed by atoms with van der Waals surface area (Å²) in [5, 5.41) is 0. The first-order chi connectivity index (χ1) is 13.4. The van der Waals surface area contributed by atoms with E-state index in [4.69, 9.17) is 4.74 Å². The van der Waals surface area contributed by atoms with Crippen molar-refractivity contribution in [3.63, 3.8) is 0 Å². The highest BCUT2D eigenvalue weighted by Gasteiger charge is 2.24. The van der Waals surface area contributed by atoms with Gasteiger partial charge in [-0.3, -0.25) is 4.79 Å². The maximum atomic E-state index is 12.9. The van der Waals surface area contributed by atoms with Crippen LogP contribution in [0.5, 0.6) is 5.75 Å². The molecule has 1 aliphatic rings. The van der Waals surface area contributed by atoms with Gasteiger partial charge in [-0.2, -0.15) is 0 Å². The average molecular weight is 403 g/mol. The number of nitrogens with zero attached hydrogens (tertiary/aromatic N) is 1. The largest absolute Gasteiger partial charge is 0.496 e. The summed E-state index contributed by atoms with van der Waals surface area (Å²) in [6.07, 6.45) is 1.99. The molecule has 7 heteroatoms. The number of sulfonamides is 1. The highest BCUT2D eigenvalue weighted by molar-refractivity contribution is 7.89. The summed E-state index contributed by atoms with van der Waals surface area (Å²) in [5.74, 6) is 0.850. The molecule has 1 saturated heterocycles. The van der Waals surface area contributed by atoms with Crippen molar-refractivity contribution in [1.82, 2.24) is 4.72 Å². The average Bonchev–Trinajstić information content (AvgIpc) is 3.12. The Morgan fingerprint density at radius 1 is 1.18 bits per heavy atom. The second-order valence-electron chi connectivity index (χ2n) is 6.95. The van der Waals surface area contributed by atoms with Crippen molar-refractivity contribution in [3.05, 3.63) is 53.6 Å². The Kier molecular flexibility index (Phi) is 6.05. The molecular formula is C21H26N2O4S. The monoisotopic (exact) mass is 402 g/mol. The third-order valence-electron chi connectivity index (χ3n) is 5.06. The summed E-state index contributed by atoms with van der Waals surface area (Å²) in [5.41, 5.74) is 2.58. The van der Waals surface area contributed by atoms with E-state index in [9.17, 15) is 13.2 Å². The van der Waals surface area contributed by atoms with E-state index in [1.807, 2.05) is 32.0 Å². The van der Waals surface area contributed by atoms with Crippen LogP contribution in [0.25, 0.3) is 0 Å². The Morgan fingerprint density at radius 2 is 1.89 bits per heavy atom. The van der Waals surface area contributed by atoms with Crippen molar-refractivity contribution in [2.75, 3.05) is 18.6 Å². The number of benzene rings is 2. The lowest BCUT2D eigenvalue weighted by Crippen LogP contribution is -2.28. The van der Waals surface area contributed by atoms with Crippen LogP contribution in [0.15, 0.2) is 47.4 Å². The van der Waals surface area contributed by atoms with E-state index in [-0.39, 0.29) is 16.8 Å². The Hall–Kier alpha value is -2.38. The summed E-state index contributed by atoms with van der Waals surface area (Å²) in [4.78, 5) is 13.7. The van der Waals surface area contributed by atoms with Gasteiger partial charge in [0.2, 0.25) is 15.9 Å². The zero-order chi connectivity index (χ0) is 20.3. The van der Waals surface area contributed by atoms with E-state index in [0.717, 1.165) is 29.0 Å². The molecule has 1 atom stereocenters. The number of hydrogen-bond acceptors (Lipinski definition) is 4. The van der Waals surface area contributed by atoms with Crippen LogP contribution < -0.4 is 14.4 Å². The van der Waals surface area contributed by atoms with Gasteiger partial charge in [-0.1, -0.05) is 19.1 Å². The molecule has 1 fully saturated rings. The summed E-state index contributed by atoms with van der Waals surface area (Å²) in [7, 11) is -2.07. The molecular weight excluding hydrogens is 376 g/mol. The maximum absolute atomic E-state index is 12.9. The van der Waals surface area contributed by atoms with Crippen LogP contribution in [0, 0.1) is 6.92 Å². The van der Waals surface area contributed by atoms with Gasteiger partial charge in [0.25, 0.3) is 0 Å². The number of nitrogens with one attached hydrogen (secondary N) is 1. The molecule has 0 bridgehead atoms. The molecule has 1 aliphatic heterocycles. The number of carbonyl (C=O) groups excluding carboxylic acids is 1. The van der Waals surface area contributed by atoms with Gasteiger partial charge in [-0.05, 0) is 61.2 Å². The quantitative estimate of drug-likeness (QED) is 0.768. The minimum Gasteiger partial charge on any atom is -0.496 e. The van der Waals surface area contributed by atoms with Gasteiger partial charge in [0.1, 0.15) is 5.75 Å². The first-order valence-corrected chi connectivity index (χ1v) is 10.9. The van der Waals surface area contributed by atoms with Crippen LogP contribution in [-0.4, -0.2) is 28.0 Å². The number of rotatable bonds is 7. The van der Waals surface area contributed by atoms with Crippen molar-refractivity contribution >= 4 is 21.6 Å². The first-order valence-electron chi connectivity index (χ1n) is 9.43. The zero-order valence-corrected chi connectivity index (χ0v) is 17.3. The van der Waals surface area contributed by atoms with Gasteiger partial charge in [0.15, 0.2) is 0 Å². The number of hydrogen-bond donors (Lipinski definition) is 1. The molecule has 0 aromatic heterocycles.